The molecule has 2 amide bonds. The summed E-state index contributed by atoms with van der Waals surface area (Å²) < 4.78 is 0. The normalized spacial score (nSPS) is 18.0. The molecule has 1 aliphatic rings. The van der Waals surface area contributed by atoms with Crippen molar-refractivity contribution in [2.24, 2.45) is 5.73 Å². The number of piperidine rings is 1. The fourth-order valence-corrected chi connectivity index (χ4v) is 2.77. The molecule has 2 aromatic carbocycles. The zero-order chi connectivity index (χ0) is 15.4. The van der Waals surface area contributed by atoms with E-state index in [4.69, 9.17) is 5.73 Å². The summed E-state index contributed by atoms with van der Waals surface area (Å²) >= 11 is 0. The maximum atomic E-state index is 12.2. The van der Waals surface area contributed by atoms with Crippen LogP contribution in [0, 0.1) is 0 Å². The molecule has 1 heterocycles. The van der Waals surface area contributed by atoms with Crippen LogP contribution in [0.4, 0.5) is 10.5 Å². The van der Waals surface area contributed by atoms with Crippen molar-refractivity contribution >= 4 is 11.7 Å². The van der Waals surface area contributed by atoms with E-state index < -0.39 is 0 Å². The molecule has 3 rings (SSSR count). The number of hydrogen-bond acceptors (Lipinski definition) is 2. The van der Waals surface area contributed by atoms with Crippen LogP contribution in [0.1, 0.15) is 12.8 Å². The number of anilines is 1. The van der Waals surface area contributed by atoms with Gasteiger partial charge in [-0.1, -0.05) is 42.5 Å². The molecular weight excluding hydrogens is 274 g/mol. The molecular formula is C18H21N3O. The van der Waals surface area contributed by atoms with Gasteiger partial charge in [0.25, 0.3) is 0 Å². The summed E-state index contributed by atoms with van der Waals surface area (Å²) in [6.07, 6.45) is 1.97. The smallest absolute Gasteiger partial charge is 0.321 e. The van der Waals surface area contributed by atoms with Crippen LogP contribution >= 0.6 is 0 Å². The Bertz CT molecular complexity index is 625. The van der Waals surface area contributed by atoms with Crippen LogP contribution in [0.15, 0.2) is 54.6 Å². The maximum absolute atomic E-state index is 12.2. The van der Waals surface area contributed by atoms with E-state index >= 15 is 0 Å². The average molecular weight is 295 g/mol. The lowest BCUT2D eigenvalue weighted by molar-refractivity contribution is 0.193. The van der Waals surface area contributed by atoms with E-state index in [1.807, 2.05) is 42.5 Å². The van der Waals surface area contributed by atoms with Crippen LogP contribution in [0.2, 0.25) is 0 Å². The van der Waals surface area contributed by atoms with Crippen molar-refractivity contribution in [3.63, 3.8) is 0 Å². The first-order valence-corrected chi connectivity index (χ1v) is 7.69. The van der Waals surface area contributed by atoms with Crippen molar-refractivity contribution < 1.29 is 4.79 Å². The molecule has 1 fully saturated rings. The highest BCUT2D eigenvalue weighted by atomic mass is 16.2. The summed E-state index contributed by atoms with van der Waals surface area (Å²) in [5.74, 6) is 0. The second kappa shape index (κ2) is 6.62. The monoisotopic (exact) mass is 295 g/mol. The van der Waals surface area contributed by atoms with Crippen molar-refractivity contribution in [2.75, 3.05) is 18.4 Å². The zero-order valence-electron chi connectivity index (χ0n) is 12.5. The van der Waals surface area contributed by atoms with E-state index in [-0.39, 0.29) is 12.1 Å². The Labute approximate surface area is 130 Å². The number of carbonyl (C=O) groups excluding carboxylic acids is 1. The average Bonchev–Trinajstić information content (AvgIpc) is 2.56. The molecule has 0 radical (unpaired) electrons. The van der Waals surface area contributed by atoms with Gasteiger partial charge in [0.05, 0.1) is 0 Å². The Balaban J connectivity index is 1.65. The molecule has 0 saturated carbocycles. The fourth-order valence-electron chi connectivity index (χ4n) is 2.77. The van der Waals surface area contributed by atoms with Gasteiger partial charge in [-0.3, -0.25) is 0 Å². The Morgan fingerprint density at radius 2 is 1.73 bits per heavy atom. The lowest BCUT2D eigenvalue weighted by Gasteiger charge is -2.30. The third kappa shape index (κ3) is 3.46. The van der Waals surface area contributed by atoms with Gasteiger partial charge in [-0.25, -0.2) is 4.79 Å². The SMILES string of the molecule is N[C@@H]1CCCN(C(=O)Nc2ccc(-c3ccccc3)cc2)C1. The number of urea groups is 1. The number of amides is 2. The molecule has 1 saturated heterocycles. The standard InChI is InChI=1S/C18H21N3O/c19-16-7-4-12-21(13-16)18(22)20-17-10-8-15(9-11-17)14-5-2-1-3-6-14/h1-3,5-6,8-11,16H,4,7,12-13,19H2,(H,20,22)/t16-/m1/s1. The van der Waals surface area contributed by atoms with E-state index in [0.717, 1.165) is 30.6 Å². The highest BCUT2D eigenvalue weighted by Gasteiger charge is 2.21. The molecule has 22 heavy (non-hydrogen) atoms. The third-order valence-electron chi connectivity index (χ3n) is 3.99. The minimum absolute atomic E-state index is 0.0670. The van der Waals surface area contributed by atoms with Gasteiger partial charge in [-0.2, -0.15) is 0 Å². The number of nitrogens with two attached hydrogens (primary N) is 1. The highest BCUT2D eigenvalue weighted by molar-refractivity contribution is 5.89. The second-order valence-corrected chi connectivity index (χ2v) is 5.72. The van der Waals surface area contributed by atoms with Crippen molar-refractivity contribution in [3.8, 4) is 11.1 Å². The van der Waals surface area contributed by atoms with E-state index in [1.54, 1.807) is 4.90 Å². The van der Waals surface area contributed by atoms with Crippen LogP contribution < -0.4 is 11.1 Å². The molecule has 1 atom stereocenters. The number of nitrogens with one attached hydrogen (secondary N) is 1. The van der Waals surface area contributed by atoms with Crippen molar-refractivity contribution in [3.05, 3.63) is 54.6 Å². The van der Waals surface area contributed by atoms with Crippen molar-refractivity contribution in [2.45, 2.75) is 18.9 Å². The molecule has 0 aromatic heterocycles. The summed E-state index contributed by atoms with van der Waals surface area (Å²) in [6, 6.07) is 18.1. The van der Waals surface area contributed by atoms with Crippen LogP contribution in [0.25, 0.3) is 11.1 Å². The predicted octanol–water partition coefficient (Wildman–Crippen LogP) is 3.31. The Kier molecular flexibility index (Phi) is 4.39. The molecule has 2 aromatic rings. The van der Waals surface area contributed by atoms with Crippen molar-refractivity contribution in [1.82, 2.24) is 4.90 Å². The Morgan fingerprint density at radius 1 is 1.05 bits per heavy atom. The first-order valence-electron chi connectivity index (χ1n) is 7.69. The van der Waals surface area contributed by atoms with Crippen LogP contribution in [0.5, 0.6) is 0 Å². The van der Waals surface area contributed by atoms with E-state index in [0.29, 0.717) is 6.54 Å². The van der Waals surface area contributed by atoms with Crippen LogP contribution in [-0.4, -0.2) is 30.1 Å². The number of nitrogens with zero attached hydrogens (tertiary/aromatic N) is 1. The Hall–Kier alpha value is -2.33. The van der Waals surface area contributed by atoms with Gasteiger partial charge in [0, 0.05) is 24.8 Å². The van der Waals surface area contributed by atoms with Gasteiger partial charge < -0.3 is 16.0 Å². The number of likely N-dealkylation sites (tertiary alicyclic amines) is 1. The largest absolute Gasteiger partial charge is 0.326 e. The quantitative estimate of drug-likeness (QED) is 0.893. The topological polar surface area (TPSA) is 58.4 Å². The molecule has 1 aliphatic heterocycles. The molecule has 0 unspecified atom stereocenters. The minimum Gasteiger partial charge on any atom is -0.326 e. The van der Waals surface area contributed by atoms with E-state index in [1.165, 1.54) is 5.56 Å². The number of hydrogen-bond donors (Lipinski definition) is 2. The highest BCUT2D eigenvalue weighted by Crippen LogP contribution is 2.21. The van der Waals surface area contributed by atoms with Gasteiger partial charge in [-0.15, -0.1) is 0 Å². The van der Waals surface area contributed by atoms with Gasteiger partial charge in [0.1, 0.15) is 0 Å². The van der Waals surface area contributed by atoms with Gasteiger partial charge in [0.15, 0.2) is 0 Å². The molecule has 3 N–H and O–H groups in total. The van der Waals surface area contributed by atoms with Gasteiger partial charge >= 0.3 is 6.03 Å². The van der Waals surface area contributed by atoms with Gasteiger partial charge in [-0.05, 0) is 36.1 Å². The summed E-state index contributed by atoms with van der Waals surface area (Å²) in [5.41, 5.74) is 9.03. The predicted molar refractivity (Wildman–Crippen MR) is 89.7 cm³/mol. The number of rotatable bonds is 2. The summed E-state index contributed by atoms with van der Waals surface area (Å²) in [4.78, 5) is 14.0. The lowest BCUT2D eigenvalue weighted by atomic mass is 10.1. The zero-order valence-corrected chi connectivity index (χ0v) is 12.5. The van der Waals surface area contributed by atoms with Crippen molar-refractivity contribution in [1.29, 1.82) is 0 Å². The van der Waals surface area contributed by atoms with E-state index in [2.05, 4.69) is 17.4 Å². The van der Waals surface area contributed by atoms with E-state index in [9.17, 15) is 4.79 Å². The molecule has 4 nitrogen and oxygen atoms in total. The first kappa shape index (κ1) is 14.6. The molecule has 114 valence electrons. The molecule has 0 bridgehead atoms. The van der Waals surface area contributed by atoms with Crippen LogP contribution in [-0.2, 0) is 0 Å². The lowest BCUT2D eigenvalue weighted by Crippen LogP contribution is -2.47. The summed E-state index contributed by atoms with van der Waals surface area (Å²) in [5, 5.41) is 2.94. The number of carbonyl (C=O) groups is 1. The maximum Gasteiger partial charge on any atom is 0.321 e. The van der Waals surface area contributed by atoms with Gasteiger partial charge in [0.2, 0.25) is 0 Å². The van der Waals surface area contributed by atoms with Crippen LogP contribution in [0.3, 0.4) is 0 Å². The fraction of sp³-hybridized carbons (Fsp3) is 0.278. The molecule has 0 aliphatic carbocycles. The minimum atomic E-state index is -0.0670. The third-order valence-corrected chi connectivity index (χ3v) is 3.99. The first-order chi connectivity index (χ1) is 10.7. The second-order valence-electron chi connectivity index (χ2n) is 5.72. The summed E-state index contributed by atoms with van der Waals surface area (Å²) in [6.45, 7) is 1.41. The summed E-state index contributed by atoms with van der Waals surface area (Å²) in [7, 11) is 0. The Morgan fingerprint density at radius 3 is 2.41 bits per heavy atom. The number of benzene rings is 2. The molecule has 4 heteroatoms. The molecule has 0 spiro atoms.